The van der Waals surface area contributed by atoms with E-state index in [-0.39, 0.29) is 5.82 Å². The summed E-state index contributed by atoms with van der Waals surface area (Å²) in [5.41, 5.74) is 6.41. The Morgan fingerprint density at radius 3 is 2.62 bits per heavy atom. The number of benzene rings is 1. The normalized spacial score (nSPS) is 9.38. The van der Waals surface area contributed by atoms with E-state index in [2.05, 4.69) is 16.6 Å². The molecule has 0 fully saturated rings. The van der Waals surface area contributed by atoms with Crippen LogP contribution in [0.15, 0.2) is 30.6 Å². The molecule has 0 aliphatic rings. The number of ether oxygens (including phenoxy) is 2. The van der Waals surface area contributed by atoms with E-state index in [1.54, 1.807) is 18.2 Å². The van der Waals surface area contributed by atoms with Gasteiger partial charge in [-0.1, -0.05) is 6.58 Å². The molecule has 0 aliphatic heterocycles. The highest BCUT2D eigenvalue weighted by Crippen LogP contribution is 2.26. The van der Waals surface area contributed by atoms with Gasteiger partial charge in [0.05, 0.1) is 31.3 Å². The Labute approximate surface area is 93.8 Å². The molecule has 0 aliphatic carbocycles. The highest BCUT2D eigenvalue weighted by atomic mass is 16.5. The lowest BCUT2D eigenvalue weighted by Crippen LogP contribution is -2.09. The molecule has 0 saturated heterocycles. The fourth-order valence-corrected chi connectivity index (χ4v) is 1.22. The van der Waals surface area contributed by atoms with Crippen molar-refractivity contribution in [3.8, 4) is 5.75 Å². The molecule has 0 aromatic heterocycles. The quantitative estimate of drug-likeness (QED) is 0.752. The largest absolute Gasteiger partial charge is 0.495 e. The first-order valence-electron chi connectivity index (χ1n) is 4.56. The number of hydrogen-bond donors (Lipinski definition) is 2. The third-order valence-corrected chi connectivity index (χ3v) is 1.92. The molecule has 3 N–H and O–H groups in total. The Hall–Kier alpha value is -2.17. The Bertz CT molecular complexity index is 416. The Balaban J connectivity index is 3.10. The van der Waals surface area contributed by atoms with Gasteiger partial charge in [0, 0.05) is 0 Å². The number of nitrogens with two attached hydrogens (primary N) is 1. The molecule has 0 atom stereocenters. The Morgan fingerprint density at radius 1 is 1.44 bits per heavy atom. The molecular formula is C11H14N2O3. The molecule has 5 heteroatoms. The summed E-state index contributed by atoms with van der Waals surface area (Å²) < 4.78 is 9.71. The number of carbonyl (C=O) groups is 1. The van der Waals surface area contributed by atoms with Crippen LogP contribution >= 0.6 is 0 Å². The van der Waals surface area contributed by atoms with Crippen LogP contribution in [0.2, 0.25) is 0 Å². The average molecular weight is 222 g/mol. The van der Waals surface area contributed by atoms with Crippen molar-refractivity contribution in [2.45, 2.75) is 0 Å². The number of carbonyl (C=O) groups excluding carboxylic acids is 1. The summed E-state index contributed by atoms with van der Waals surface area (Å²) in [5, 5.41) is 2.79. The van der Waals surface area contributed by atoms with Gasteiger partial charge in [0.1, 0.15) is 5.75 Å². The van der Waals surface area contributed by atoms with Crippen LogP contribution in [0.5, 0.6) is 5.75 Å². The second-order valence-corrected chi connectivity index (χ2v) is 3.06. The predicted octanol–water partition coefficient (Wildman–Crippen LogP) is 1.32. The summed E-state index contributed by atoms with van der Waals surface area (Å²) in [6.07, 6.45) is 0. The van der Waals surface area contributed by atoms with Gasteiger partial charge in [0.15, 0.2) is 0 Å². The molecule has 5 nitrogen and oxygen atoms in total. The van der Waals surface area contributed by atoms with Crippen molar-refractivity contribution < 1.29 is 14.3 Å². The van der Waals surface area contributed by atoms with Crippen molar-refractivity contribution in [2.75, 3.05) is 19.5 Å². The molecule has 1 aromatic carbocycles. The van der Waals surface area contributed by atoms with Gasteiger partial charge in [0.2, 0.25) is 0 Å². The van der Waals surface area contributed by atoms with E-state index in [1.165, 1.54) is 14.2 Å². The van der Waals surface area contributed by atoms with Crippen molar-refractivity contribution in [3.63, 3.8) is 0 Å². The van der Waals surface area contributed by atoms with Crippen LogP contribution in [-0.2, 0) is 4.74 Å². The van der Waals surface area contributed by atoms with Crippen LogP contribution in [-0.4, -0.2) is 20.2 Å². The van der Waals surface area contributed by atoms with E-state index in [0.29, 0.717) is 17.0 Å². The average Bonchev–Trinajstić information content (AvgIpc) is 2.27. The van der Waals surface area contributed by atoms with Crippen molar-refractivity contribution >= 4 is 11.7 Å². The fraction of sp³-hybridized carbons (Fsp3) is 0.182. The zero-order valence-electron chi connectivity index (χ0n) is 9.24. The number of anilines is 1. The van der Waals surface area contributed by atoms with Gasteiger partial charge in [-0.15, -0.1) is 0 Å². The van der Waals surface area contributed by atoms with Gasteiger partial charge in [-0.05, 0) is 18.2 Å². The van der Waals surface area contributed by atoms with E-state index >= 15 is 0 Å². The zero-order valence-corrected chi connectivity index (χ0v) is 9.24. The second kappa shape index (κ2) is 5.06. The molecule has 0 saturated carbocycles. The lowest BCUT2D eigenvalue weighted by atomic mass is 10.2. The van der Waals surface area contributed by atoms with Gasteiger partial charge in [-0.2, -0.15) is 0 Å². The summed E-state index contributed by atoms with van der Waals surface area (Å²) in [7, 11) is 2.85. The summed E-state index contributed by atoms with van der Waals surface area (Å²) in [4.78, 5) is 11.3. The molecule has 1 rings (SSSR count). The first-order valence-corrected chi connectivity index (χ1v) is 4.56. The molecule has 0 bridgehead atoms. The van der Waals surface area contributed by atoms with Gasteiger partial charge in [-0.25, -0.2) is 4.79 Å². The maximum absolute atomic E-state index is 11.3. The van der Waals surface area contributed by atoms with Gasteiger partial charge >= 0.3 is 5.97 Å². The monoisotopic (exact) mass is 222 g/mol. The maximum Gasteiger partial charge on any atom is 0.337 e. The summed E-state index contributed by atoms with van der Waals surface area (Å²) in [6, 6.07) is 4.84. The molecule has 16 heavy (non-hydrogen) atoms. The van der Waals surface area contributed by atoms with Crippen molar-refractivity contribution in [3.05, 3.63) is 36.2 Å². The standard InChI is InChI=1S/C11H14N2O3/c1-7(12)13-9-6-8(11(14)16-3)4-5-10(9)15-2/h4-6,13H,1,12H2,2-3H3. The van der Waals surface area contributed by atoms with E-state index in [1.807, 2.05) is 0 Å². The van der Waals surface area contributed by atoms with Crippen LogP contribution in [0.1, 0.15) is 10.4 Å². The highest BCUT2D eigenvalue weighted by molar-refractivity contribution is 5.91. The minimum atomic E-state index is -0.423. The van der Waals surface area contributed by atoms with Crippen molar-refractivity contribution in [1.82, 2.24) is 0 Å². The van der Waals surface area contributed by atoms with Crippen molar-refractivity contribution in [2.24, 2.45) is 5.73 Å². The number of nitrogens with one attached hydrogen (secondary N) is 1. The summed E-state index contributed by atoms with van der Waals surface area (Å²) >= 11 is 0. The van der Waals surface area contributed by atoms with Gasteiger partial charge in [-0.3, -0.25) is 0 Å². The second-order valence-electron chi connectivity index (χ2n) is 3.06. The first-order chi connectivity index (χ1) is 7.58. The Morgan fingerprint density at radius 2 is 2.12 bits per heavy atom. The van der Waals surface area contributed by atoms with Crippen molar-refractivity contribution in [1.29, 1.82) is 0 Å². The van der Waals surface area contributed by atoms with E-state index in [9.17, 15) is 4.79 Å². The number of esters is 1. The molecule has 86 valence electrons. The molecule has 0 unspecified atom stereocenters. The summed E-state index contributed by atoms with van der Waals surface area (Å²) in [5.74, 6) is 0.410. The topological polar surface area (TPSA) is 73.6 Å². The molecule has 0 radical (unpaired) electrons. The van der Waals surface area contributed by atoms with Gasteiger partial charge < -0.3 is 20.5 Å². The molecule has 0 heterocycles. The fourth-order valence-electron chi connectivity index (χ4n) is 1.22. The van der Waals surface area contributed by atoms with Crippen LogP contribution in [0.25, 0.3) is 0 Å². The van der Waals surface area contributed by atoms with Gasteiger partial charge in [0.25, 0.3) is 0 Å². The first kappa shape index (κ1) is 11.9. The summed E-state index contributed by atoms with van der Waals surface area (Å²) in [6.45, 7) is 3.52. The lowest BCUT2D eigenvalue weighted by molar-refractivity contribution is 0.0601. The minimum Gasteiger partial charge on any atom is -0.495 e. The molecule has 0 spiro atoms. The van der Waals surface area contributed by atoms with E-state index in [0.717, 1.165) is 0 Å². The number of methoxy groups -OCH3 is 2. The molecular weight excluding hydrogens is 208 g/mol. The SMILES string of the molecule is C=C(N)Nc1cc(C(=O)OC)ccc1OC. The van der Waals surface area contributed by atoms with Crippen LogP contribution in [0, 0.1) is 0 Å². The third kappa shape index (κ3) is 2.66. The van der Waals surface area contributed by atoms with E-state index < -0.39 is 5.97 Å². The number of hydrogen-bond acceptors (Lipinski definition) is 5. The van der Waals surface area contributed by atoms with Crippen LogP contribution < -0.4 is 15.8 Å². The van der Waals surface area contributed by atoms with Crippen LogP contribution in [0.4, 0.5) is 5.69 Å². The third-order valence-electron chi connectivity index (χ3n) is 1.92. The number of rotatable bonds is 4. The van der Waals surface area contributed by atoms with Crippen LogP contribution in [0.3, 0.4) is 0 Å². The maximum atomic E-state index is 11.3. The van der Waals surface area contributed by atoms with E-state index in [4.69, 9.17) is 10.5 Å². The highest BCUT2D eigenvalue weighted by Gasteiger charge is 2.10. The lowest BCUT2D eigenvalue weighted by Gasteiger charge is -2.11. The minimum absolute atomic E-state index is 0.264. The zero-order chi connectivity index (χ0) is 12.1. The predicted molar refractivity (Wildman–Crippen MR) is 61.3 cm³/mol. The Kier molecular flexibility index (Phi) is 3.77. The molecule has 0 amide bonds. The smallest absolute Gasteiger partial charge is 0.337 e. The molecule has 1 aromatic rings.